The molecular weight excluding hydrogens is 964 g/mol. The van der Waals surface area contributed by atoms with Gasteiger partial charge in [0, 0.05) is 91.3 Å². The van der Waals surface area contributed by atoms with Crippen molar-refractivity contribution in [2.45, 2.75) is 203 Å². The zero-order valence-electron chi connectivity index (χ0n) is 46.6. The van der Waals surface area contributed by atoms with Gasteiger partial charge in [0.25, 0.3) is 0 Å². The minimum atomic E-state index is -3.65. The molecule has 0 spiro atoms. The molecule has 418 valence electrons. The fraction of sp³-hybridized carbons (Fsp3) is 0.830. The number of hydrogen-bond acceptors (Lipinski definition) is 16. The van der Waals surface area contributed by atoms with E-state index in [0.717, 1.165) is 4.31 Å². The van der Waals surface area contributed by atoms with Crippen molar-refractivity contribution in [3.8, 4) is 0 Å². The summed E-state index contributed by atoms with van der Waals surface area (Å²) >= 11 is 0. The van der Waals surface area contributed by atoms with E-state index < -0.39 is 106 Å². The van der Waals surface area contributed by atoms with E-state index in [2.05, 4.69) is 22.1 Å². The molecule has 3 fully saturated rings. The average Bonchev–Trinajstić information content (AvgIpc) is 3.80. The fourth-order valence-electron chi connectivity index (χ4n) is 12.1. The van der Waals surface area contributed by atoms with Gasteiger partial charge in [-0.05, 0) is 104 Å². The molecule has 5 rings (SSSR count). The van der Waals surface area contributed by atoms with Gasteiger partial charge in [-0.1, -0.05) is 45.0 Å². The standard InChI is InChI=1S/C53H91FN6O12S/c1-17-44-53(10,64)48(61)37(7)59(14)30-32(2)26-52(9,63)49(35(5)46(36(6)50(62)71-44)43-28-51(8,68-16)27-34(4)69-43)72-45-25-40(24-33(3)70-45)58(13)23-22-39-31-60(56-55-39)42(29-54)47(67-15)38-18-20-41(21-19-38)73(65,66)57(11)12/h18-21,31-37,40,42-49,61,63-64H,17,22-30H2,1-16H3/t32-,33-,34+,35+,36-,37-,40+,42-,43?,44-,45+,46+,47-,48-,49-,51+,52-,53-/m1/s1. The SMILES string of the molecule is CC[C@H]1OC(=O)[C@H](C)[C@@H](C2C[C@@](C)(OC)C[C@H](C)O2)[C@H](C)[C@@H](O[C@H]2C[C@@H](N(C)CCc3cn([C@H](CF)[C@H](OC)c4ccc(S(=O)(=O)N(C)C)cc4)nn3)C[C@@H](C)O2)[C@](C)(O)C[C@@H](C)CN(C)[C@H](C)[C@@H](O)[C@]1(C)O. The van der Waals surface area contributed by atoms with Gasteiger partial charge >= 0.3 is 5.97 Å². The van der Waals surface area contributed by atoms with E-state index in [9.17, 15) is 32.9 Å². The lowest BCUT2D eigenvalue weighted by Gasteiger charge is -2.50. The molecule has 18 nitrogen and oxygen atoms in total. The Bertz CT molecular complexity index is 2170. The number of alkyl halides is 1. The fourth-order valence-corrected chi connectivity index (χ4v) is 13.0. The number of halogens is 1. The molecule has 4 heterocycles. The van der Waals surface area contributed by atoms with Gasteiger partial charge in [0.1, 0.15) is 36.6 Å². The second kappa shape index (κ2) is 25.2. The maximum absolute atomic E-state index is 14.8. The number of rotatable bonds is 16. The smallest absolute Gasteiger partial charge is 0.309 e. The highest BCUT2D eigenvalue weighted by Gasteiger charge is 2.53. The predicted molar refractivity (Wildman–Crippen MR) is 275 cm³/mol. The van der Waals surface area contributed by atoms with Crippen molar-refractivity contribution in [3.63, 3.8) is 0 Å². The van der Waals surface area contributed by atoms with Crippen LogP contribution < -0.4 is 0 Å². The Labute approximate surface area is 435 Å². The summed E-state index contributed by atoms with van der Waals surface area (Å²) in [5.41, 5.74) is -2.54. The average molecular weight is 1060 g/mol. The van der Waals surface area contributed by atoms with Crippen LogP contribution >= 0.6 is 0 Å². The summed E-state index contributed by atoms with van der Waals surface area (Å²) in [4.78, 5) is 18.9. The number of aromatic nitrogens is 3. The molecule has 18 atom stereocenters. The number of cyclic esters (lactones) is 1. The molecule has 3 aliphatic rings. The van der Waals surface area contributed by atoms with Gasteiger partial charge in [0.05, 0.1) is 52.1 Å². The normalized spacial score (nSPS) is 37.9. The summed E-state index contributed by atoms with van der Waals surface area (Å²) in [6.45, 7) is 19.2. The first-order valence-corrected chi connectivity index (χ1v) is 27.7. The summed E-state index contributed by atoms with van der Waals surface area (Å²) < 4.78 is 81.4. The van der Waals surface area contributed by atoms with Crippen LogP contribution in [0.3, 0.4) is 0 Å². The number of hydrogen-bond donors (Lipinski definition) is 3. The Kier molecular flexibility index (Phi) is 21.1. The van der Waals surface area contributed by atoms with Gasteiger partial charge in [-0.3, -0.25) is 4.79 Å². The molecule has 3 aliphatic heterocycles. The van der Waals surface area contributed by atoms with Crippen LogP contribution in [0, 0.1) is 23.7 Å². The summed E-state index contributed by atoms with van der Waals surface area (Å²) in [7, 11) is 6.35. The Morgan fingerprint density at radius 3 is 2.21 bits per heavy atom. The van der Waals surface area contributed by atoms with Crippen molar-refractivity contribution in [2.24, 2.45) is 23.7 Å². The van der Waals surface area contributed by atoms with E-state index in [-0.39, 0.29) is 35.5 Å². The van der Waals surface area contributed by atoms with Crippen LogP contribution in [0.2, 0.25) is 0 Å². The quantitative estimate of drug-likeness (QED) is 0.175. The van der Waals surface area contributed by atoms with E-state index in [1.807, 2.05) is 67.5 Å². The van der Waals surface area contributed by atoms with Gasteiger partial charge in [-0.25, -0.2) is 21.8 Å². The molecule has 1 aromatic carbocycles. The van der Waals surface area contributed by atoms with Crippen LogP contribution in [0.5, 0.6) is 0 Å². The molecule has 3 saturated heterocycles. The van der Waals surface area contributed by atoms with Crippen LogP contribution in [0.4, 0.5) is 4.39 Å². The first-order valence-electron chi connectivity index (χ1n) is 26.3. The number of methoxy groups -OCH3 is 2. The topological polar surface area (TPSA) is 208 Å². The van der Waals surface area contributed by atoms with E-state index >= 15 is 0 Å². The monoisotopic (exact) mass is 1050 g/mol. The highest BCUT2D eigenvalue weighted by Crippen LogP contribution is 2.45. The van der Waals surface area contributed by atoms with Crippen molar-refractivity contribution in [1.82, 2.24) is 29.1 Å². The molecule has 20 heteroatoms. The number of esters is 1. The first-order chi connectivity index (χ1) is 34.0. The van der Waals surface area contributed by atoms with Crippen LogP contribution in [0.25, 0.3) is 0 Å². The highest BCUT2D eigenvalue weighted by molar-refractivity contribution is 7.89. The maximum atomic E-state index is 14.8. The molecule has 73 heavy (non-hydrogen) atoms. The molecule has 0 saturated carbocycles. The zero-order chi connectivity index (χ0) is 54.5. The van der Waals surface area contributed by atoms with Crippen molar-refractivity contribution < 1.29 is 61.3 Å². The molecule has 0 aliphatic carbocycles. The van der Waals surface area contributed by atoms with Crippen LogP contribution in [0.15, 0.2) is 35.4 Å². The van der Waals surface area contributed by atoms with Gasteiger partial charge < -0.3 is 53.5 Å². The van der Waals surface area contributed by atoms with E-state index in [1.54, 1.807) is 32.4 Å². The van der Waals surface area contributed by atoms with Gasteiger partial charge in [-0.2, -0.15) is 0 Å². The third-order valence-electron chi connectivity index (χ3n) is 16.5. The van der Waals surface area contributed by atoms with Crippen molar-refractivity contribution in [1.29, 1.82) is 0 Å². The molecule has 2 aromatic rings. The Balaban J connectivity index is 1.41. The number of aliphatic hydroxyl groups excluding tert-OH is 1. The number of carbonyl (C=O) groups is 1. The highest BCUT2D eigenvalue weighted by atomic mass is 32.2. The largest absolute Gasteiger partial charge is 0.459 e. The van der Waals surface area contributed by atoms with E-state index in [0.29, 0.717) is 62.9 Å². The molecule has 1 aromatic heterocycles. The molecule has 0 radical (unpaired) electrons. The van der Waals surface area contributed by atoms with Crippen molar-refractivity contribution >= 4 is 16.0 Å². The summed E-state index contributed by atoms with van der Waals surface area (Å²) in [5, 5.41) is 45.3. The second-order valence-corrected chi connectivity index (χ2v) is 25.0. The lowest BCUT2D eigenvalue weighted by atomic mass is 9.69. The lowest BCUT2D eigenvalue weighted by Crippen LogP contribution is -2.59. The third kappa shape index (κ3) is 14.5. The predicted octanol–water partition coefficient (Wildman–Crippen LogP) is 5.59. The number of sulfonamides is 1. The molecule has 3 N–H and O–H groups in total. The molecule has 0 amide bonds. The third-order valence-corrected chi connectivity index (χ3v) is 18.3. The van der Waals surface area contributed by atoms with Gasteiger partial charge in [0.15, 0.2) is 6.29 Å². The number of carbonyl (C=O) groups excluding carboxylic acids is 1. The lowest BCUT2D eigenvalue weighted by molar-refractivity contribution is -0.271. The number of aliphatic hydroxyl groups is 3. The van der Waals surface area contributed by atoms with Crippen molar-refractivity contribution in [3.05, 3.63) is 41.7 Å². The first kappa shape index (κ1) is 61.1. The second-order valence-electron chi connectivity index (χ2n) is 22.8. The number of benzene rings is 1. The minimum absolute atomic E-state index is 0.00375. The summed E-state index contributed by atoms with van der Waals surface area (Å²) in [5.74, 6) is -2.54. The van der Waals surface area contributed by atoms with Crippen molar-refractivity contribution in [2.75, 3.05) is 62.2 Å². The number of nitrogens with zero attached hydrogens (tertiary/aromatic N) is 6. The van der Waals surface area contributed by atoms with E-state index in [1.165, 1.54) is 44.9 Å². The Morgan fingerprint density at radius 1 is 0.959 bits per heavy atom. The maximum Gasteiger partial charge on any atom is 0.309 e. The summed E-state index contributed by atoms with van der Waals surface area (Å²) in [6, 6.07) is 4.82. The Morgan fingerprint density at radius 2 is 1.62 bits per heavy atom. The molecular formula is C53H91FN6O12S. The zero-order valence-corrected chi connectivity index (χ0v) is 47.4. The molecule has 1 unspecified atom stereocenters. The number of likely N-dealkylation sites (N-methyl/N-ethyl adjacent to an activating group) is 2. The summed E-state index contributed by atoms with van der Waals surface area (Å²) in [6.07, 6.45) is -0.485. The Hall–Kier alpha value is -2.73. The molecule has 0 bridgehead atoms. The number of ether oxygens (including phenoxy) is 6. The van der Waals surface area contributed by atoms with Gasteiger partial charge in [0.2, 0.25) is 10.0 Å². The van der Waals surface area contributed by atoms with Crippen LogP contribution in [-0.2, 0) is 49.7 Å². The van der Waals surface area contributed by atoms with Crippen LogP contribution in [-0.4, -0.2) is 193 Å². The van der Waals surface area contributed by atoms with E-state index in [4.69, 9.17) is 28.4 Å². The minimum Gasteiger partial charge on any atom is -0.459 e. The van der Waals surface area contributed by atoms with Crippen LogP contribution in [0.1, 0.15) is 131 Å². The van der Waals surface area contributed by atoms with Gasteiger partial charge in [-0.15, -0.1) is 5.10 Å².